The zero-order valence-electron chi connectivity index (χ0n) is 10.6. The molecule has 1 amide bonds. The van der Waals surface area contributed by atoms with Crippen LogP contribution in [0.3, 0.4) is 0 Å². The number of anilines is 1. The van der Waals surface area contributed by atoms with Crippen LogP contribution in [0.4, 0.5) is 14.5 Å². The van der Waals surface area contributed by atoms with E-state index in [2.05, 4.69) is 5.32 Å². The molecule has 0 aromatic heterocycles. The Labute approximate surface area is 110 Å². The lowest BCUT2D eigenvalue weighted by molar-refractivity contribution is 0.102. The lowest BCUT2D eigenvalue weighted by atomic mass is 10.0. The summed E-state index contributed by atoms with van der Waals surface area (Å²) >= 11 is 0. The highest BCUT2D eigenvalue weighted by Gasteiger charge is 2.14. The zero-order valence-corrected chi connectivity index (χ0v) is 10.6. The molecule has 0 bridgehead atoms. The van der Waals surface area contributed by atoms with Crippen molar-refractivity contribution in [3.63, 3.8) is 0 Å². The number of halogens is 2. The number of benzene rings is 2. The summed E-state index contributed by atoms with van der Waals surface area (Å²) in [5.74, 6) is -2.11. The van der Waals surface area contributed by atoms with Crippen LogP contribution in [-0.4, -0.2) is 5.91 Å². The van der Waals surface area contributed by atoms with Gasteiger partial charge in [-0.25, -0.2) is 8.78 Å². The van der Waals surface area contributed by atoms with Gasteiger partial charge in [-0.15, -0.1) is 0 Å². The highest BCUT2D eigenvalue weighted by Crippen LogP contribution is 2.20. The molecular formula is C15H13F2NO. The summed E-state index contributed by atoms with van der Waals surface area (Å²) in [4.78, 5) is 12.0. The van der Waals surface area contributed by atoms with Crippen LogP contribution < -0.4 is 5.32 Å². The number of hydrogen-bond donors (Lipinski definition) is 1. The predicted octanol–water partition coefficient (Wildman–Crippen LogP) is 3.83. The van der Waals surface area contributed by atoms with Crippen molar-refractivity contribution < 1.29 is 13.6 Å². The van der Waals surface area contributed by atoms with Gasteiger partial charge in [0, 0.05) is 5.56 Å². The fourth-order valence-electron chi connectivity index (χ4n) is 1.78. The smallest absolute Gasteiger partial charge is 0.256 e. The second-order valence-electron chi connectivity index (χ2n) is 4.37. The van der Waals surface area contributed by atoms with Crippen LogP contribution in [0, 0.1) is 25.5 Å². The van der Waals surface area contributed by atoms with Crippen molar-refractivity contribution in [2.75, 3.05) is 5.32 Å². The van der Waals surface area contributed by atoms with Crippen LogP contribution in [0.15, 0.2) is 36.4 Å². The van der Waals surface area contributed by atoms with E-state index in [-0.39, 0.29) is 0 Å². The van der Waals surface area contributed by atoms with Crippen molar-refractivity contribution in [2.24, 2.45) is 0 Å². The van der Waals surface area contributed by atoms with E-state index in [9.17, 15) is 13.6 Å². The molecular weight excluding hydrogens is 248 g/mol. The van der Waals surface area contributed by atoms with Crippen molar-refractivity contribution in [3.05, 3.63) is 64.7 Å². The van der Waals surface area contributed by atoms with E-state index in [4.69, 9.17) is 0 Å². The normalized spacial score (nSPS) is 10.3. The third kappa shape index (κ3) is 2.78. The summed E-state index contributed by atoms with van der Waals surface area (Å²) in [5, 5.41) is 2.27. The minimum absolute atomic E-state index is 0.405. The van der Waals surface area contributed by atoms with E-state index in [1.807, 2.05) is 13.0 Å². The molecule has 2 rings (SSSR count). The Kier molecular flexibility index (Phi) is 3.60. The maximum Gasteiger partial charge on any atom is 0.256 e. The predicted molar refractivity (Wildman–Crippen MR) is 70.2 cm³/mol. The Morgan fingerprint density at radius 3 is 2.32 bits per heavy atom. The first-order chi connectivity index (χ1) is 8.99. The average molecular weight is 261 g/mol. The minimum atomic E-state index is -0.793. The molecule has 0 unspecified atom stereocenters. The van der Waals surface area contributed by atoms with E-state index in [0.717, 1.165) is 23.3 Å². The number of amides is 1. The van der Waals surface area contributed by atoms with Crippen LogP contribution in [-0.2, 0) is 0 Å². The number of carbonyl (C=O) groups excluding carboxylic acids is 1. The standard InChI is InChI=1S/C15H13F2NO/c1-9-6-7-10(2)11(8-9)15(19)18-14-12(16)4-3-5-13(14)17/h3-8H,1-2H3,(H,18,19). The number of aryl methyl sites for hydroxylation is 2. The molecule has 0 fully saturated rings. The monoisotopic (exact) mass is 261 g/mol. The number of para-hydroxylation sites is 1. The number of nitrogens with one attached hydrogen (secondary N) is 1. The van der Waals surface area contributed by atoms with Gasteiger partial charge < -0.3 is 5.32 Å². The van der Waals surface area contributed by atoms with E-state index in [1.165, 1.54) is 6.07 Å². The Morgan fingerprint density at radius 2 is 1.68 bits per heavy atom. The Morgan fingerprint density at radius 1 is 1.05 bits per heavy atom. The summed E-state index contributed by atoms with van der Waals surface area (Å²) in [5.41, 5.74) is 1.64. The summed E-state index contributed by atoms with van der Waals surface area (Å²) in [7, 11) is 0. The number of carbonyl (C=O) groups is 1. The van der Waals surface area contributed by atoms with Crippen LogP contribution in [0.25, 0.3) is 0 Å². The quantitative estimate of drug-likeness (QED) is 0.874. The Hall–Kier alpha value is -2.23. The molecule has 0 saturated carbocycles. The summed E-state index contributed by atoms with van der Waals surface area (Å²) < 4.78 is 26.9. The largest absolute Gasteiger partial charge is 0.317 e. The van der Waals surface area contributed by atoms with Gasteiger partial charge in [-0.1, -0.05) is 23.8 Å². The Balaban J connectivity index is 2.34. The molecule has 0 atom stereocenters. The van der Waals surface area contributed by atoms with Crippen LogP contribution in [0.2, 0.25) is 0 Å². The highest BCUT2D eigenvalue weighted by atomic mass is 19.1. The number of hydrogen-bond acceptors (Lipinski definition) is 1. The summed E-state index contributed by atoms with van der Waals surface area (Å²) in [6, 6.07) is 8.79. The molecule has 0 aliphatic carbocycles. The molecule has 0 radical (unpaired) electrons. The van der Waals surface area contributed by atoms with E-state index in [1.54, 1.807) is 19.1 Å². The Bertz CT molecular complexity index is 618. The van der Waals surface area contributed by atoms with E-state index in [0.29, 0.717) is 5.56 Å². The molecule has 2 aromatic rings. The van der Waals surface area contributed by atoms with Gasteiger partial charge in [0.15, 0.2) is 0 Å². The third-order valence-electron chi connectivity index (χ3n) is 2.84. The molecule has 4 heteroatoms. The molecule has 98 valence electrons. The molecule has 0 aliphatic rings. The average Bonchev–Trinajstić information content (AvgIpc) is 2.37. The molecule has 0 saturated heterocycles. The van der Waals surface area contributed by atoms with Crippen molar-refractivity contribution in [3.8, 4) is 0 Å². The van der Waals surface area contributed by atoms with Crippen LogP contribution in [0.5, 0.6) is 0 Å². The second-order valence-corrected chi connectivity index (χ2v) is 4.37. The van der Waals surface area contributed by atoms with Crippen molar-refractivity contribution in [1.29, 1.82) is 0 Å². The van der Waals surface area contributed by atoms with Gasteiger partial charge in [-0.2, -0.15) is 0 Å². The molecule has 19 heavy (non-hydrogen) atoms. The first-order valence-corrected chi connectivity index (χ1v) is 5.81. The molecule has 0 spiro atoms. The fourth-order valence-corrected chi connectivity index (χ4v) is 1.78. The van der Waals surface area contributed by atoms with Gasteiger partial charge >= 0.3 is 0 Å². The lowest BCUT2D eigenvalue weighted by Crippen LogP contribution is -2.15. The van der Waals surface area contributed by atoms with Gasteiger partial charge in [0.2, 0.25) is 0 Å². The van der Waals surface area contributed by atoms with Crippen molar-refractivity contribution >= 4 is 11.6 Å². The first-order valence-electron chi connectivity index (χ1n) is 5.81. The van der Waals surface area contributed by atoms with Crippen LogP contribution >= 0.6 is 0 Å². The zero-order chi connectivity index (χ0) is 14.0. The topological polar surface area (TPSA) is 29.1 Å². The SMILES string of the molecule is Cc1ccc(C)c(C(=O)Nc2c(F)cccc2F)c1. The van der Waals surface area contributed by atoms with Gasteiger partial charge in [0.25, 0.3) is 5.91 Å². The third-order valence-corrected chi connectivity index (χ3v) is 2.84. The van der Waals surface area contributed by atoms with Gasteiger partial charge in [0.05, 0.1) is 0 Å². The van der Waals surface area contributed by atoms with Crippen LogP contribution in [0.1, 0.15) is 21.5 Å². The number of rotatable bonds is 2. The second kappa shape index (κ2) is 5.18. The molecule has 2 nitrogen and oxygen atoms in total. The summed E-state index contributed by atoms with van der Waals surface area (Å²) in [6.07, 6.45) is 0. The van der Waals surface area contributed by atoms with E-state index < -0.39 is 23.2 Å². The maximum absolute atomic E-state index is 13.5. The molecule has 2 aromatic carbocycles. The highest BCUT2D eigenvalue weighted by molar-refractivity contribution is 6.05. The molecule has 0 heterocycles. The minimum Gasteiger partial charge on any atom is -0.317 e. The first kappa shape index (κ1) is 13.2. The van der Waals surface area contributed by atoms with Gasteiger partial charge in [-0.3, -0.25) is 4.79 Å². The molecule has 1 N–H and O–H groups in total. The maximum atomic E-state index is 13.5. The summed E-state index contributed by atoms with van der Waals surface area (Å²) in [6.45, 7) is 3.62. The van der Waals surface area contributed by atoms with Crippen molar-refractivity contribution in [2.45, 2.75) is 13.8 Å². The van der Waals surface area contributed by atoms with E-state index >= 15 is 0 Å². The van der Waals surface area contributed by atoms with Crippen molar-refractivity contribution in [1.82, 2.24) is 0 Å². The van der Waals surface area contributed by atoms with Gasteiger partial charge in [0.1, 0.15) is 17.3 Å². The fraction of sp³-hybridized carbons (Fsp3) is 0.133. The molecule has 0 aliphatic heterocycles. The lowest BCUT2D eigenvalue weighted by Gasteiger charge is -2.10. The van der Waals surface area contributed by atoms with Gasteiger partial charge in [-0.05, 0) is 37.6 Å².